The van der Waals surface area contributed by atoms with Gasteiger partial charge in [0.05, 0.1) is 5.57 Å². The number of alkyl halides is 2. The predicted molar refractivity (Wildman–Crippen MR) is 114 cm³/mol. The molecule has 0 aliphatic heterocycles. The summed E-state index contributed by atoms with van der Waals surface area (Å²) in [4.78, 5) is 8.45. The zero-order chi connectivity index (χ0) is 20.4. The highest BCUT2D eigenvalue weighted by Crippen LogP contribution is 2.31. The molecule has 0 aliphatic rings. The molecule has 5 nitrogen and oxygen atoms in total. The molecule has 1 unspecified atom stereocenters. The fourth-order valence-electron chi connectivity index (χ4n) is 2.21. The minimum atomic E-state index is -3.15. The van der Waals surface area contributed by atoms with Crippen molar-refractivity contribution in [2.45, 2.75) is 39.3 Å². The molecule has 0 aliphatic carbocycles. The predicted octanol–water partition coefficient (Wildman–Crippen LogP) is 4.33. The molecule has 0 bridgehead atoms. The number of anilines is 1. The van der Waals surface area contributed by atoms with Gasteiger partial charge in [0.15, 0.2) is 0 Å². The summed E-state index contributed by atoms with van der Waals surface area (Å²) >= 11 is 0. The zero-order valence-corrected chi connectivity index (χ0v) is 17.4. The molecular weight excluding hydrogens is 367 g/mol. The number of hydrogen-bond acceptors (Lipinski definition) is 4. The van der Waals surface area contributed by atoms with Crippen LogP contribution in [0.5, 0.6) is 0 Å². The first kappa shape index (κ1) is 22.8. The number of aliphatic imine (C=N–C) groups is 1. The van der Waals surface area contributed by atoms with E-state index in [0.29, 0.717) is 18.1 Å². The number of allylic oxidation sites excluding steroid dienone is 4. The number of nitrogens with zero attached hydrogens (tertiary/aromatic N) is 3. The van der Waals surface area contributed by atoms with E-state index < -0.39 is 5.66 Å². The van der Waals surface area contributed by atoms with E-state index in [1.54, 1.807) is 7.05 Å². The lowest BCUT2D eigenvalue weighted by molar-refractivity contribution is 0.153. The monoisotopic (exact) mass is 395 g/mol. The Morgan fingerprint density at radius 3 is 2.56 bits per heavy atom. The Morgan fingerprint density at radius 1 is 1.33 bits per heavy atom. The van der Waals surface area contributed by atoms with Crippen LogP contribution < -0.4 is 16.5 Å². The van der Waals surface area contributed by atoms with Gasteiger partial charge in [-0.3, -0.25) is 9.56 Å². The van der Waals surface area contributed by atoms with Crippen molar-refractivity contribution in [2.75, 3.05) is 12.4 Å². The Kier molecular flexibility index (Phi) is 9.09. The highest BCUT2D eigenvalue weighted by molar-refractivity contribution is 7.18. The van der Waals surface area contributed by atoms with Crippen molar-refractivity contribution < 1.29 is 8.78 Å². The average molecular weight is 395 g/mol. The van der Waals surface area contributed by atoms with Crippen molar-refractivity contribution in [1.29, 1.82) is 0 Å². The third-order valence-corrected chi connectivity index (χ3v) is 3.81. The molecule has 8 heteroatoms. The summed E-state index contributed by atoms with van der Waals surface area (Å²) in [6.45, 7) is 5.40. The van der Waals surface area contributed by atoms with E-state index >= 15 is 0 Å². The van der Waals surface area contributed by atoms with Gasteiger partial charge in [-0.05, 0) is 38.0 Å². The molecule has 1 rings (SSSR count). The molecule has 0 amide bonds. The van der Waals surface area contributed by atoms with Crippen molar-refractivity contribution in [3.63, 3.8) is 0 Å². The number of nitrogens with two attached hydrogens (primary N) is 1. The summed E-state index contributed by atoms with van der Waals surface area (Å²) in [5.41, 5.74) is 2.86. The van der Waals surface area contributed by atoms with E-state index in [2.05, 4.69) is 15.3 Å². The van der Waals surface area contributed by atoms with Crippen molar-refractivity contribution >= 4 is 27.5 Å². The Morgan fingerprint density at radius 2 is 2.04 bits per heavy atom. The molecule has 1 aromatic heterocycles. The number of hydrogen-bond donors (Lipinski definition) is 2. The van der Waals surface area contributed by atoms with Crippen molar-refractivity contribution in [2.24, 2.45) is 15.7 Å². The van der Waals surface area contributed by atoms with Gasteiger partial charge in [0, 0.05) is 25.2 Å². The SMILES string of the molecule is CC/C=C\n1c(NC(=C\CC)/N=C\C(=C(/C)N)C(F)(F)P)cccc1=NC. The third kappa shape index (κ3) is 7.10. The van der Waals surface area contributed by atoms with Crippen LogP contribution in [0.2, 0.25) is 0 Å². The summed E-state index contributed by atoms with van der Waals surface area (Å²) in [5.74, 6) is 1.16. The normalized spacial score (nSPS) is 14.9. The maximum absolute atomic E-state index is 13.7. The Hall–Kier alpha value is -2.27. The topological polar surface area (TPSA) is 67.7 Å². The van der Waals surface area contributed by atoms with Crippen LogP contribution in [0.1, 0.15) is 33.6 Å². The number of halogens is 2. The standard InChI is InChI=1S/C19H28F2N5P/c1-5-7-12-26-17(23-4)10-8-11-18(26)25-16(9-6-2)24-13-15(14(3)22)19(20,21)27/h7-13,25H,5-6,22,27H2,1-4H3/b12-7-,15-14-,16-9-,23-17?,24-13-. The lowest BCUT2D eigenvalue weighted by atomic mass is 10.2. The lowest BCUT2D eigenvalue weighted by Gasteiger charge is -2.15. The molecule has 1 atom stereocenters. The van der Waals surface area contributed by atoms with Gasteiger partial charge in [-0.15, -0.1) is 0 Å². The fraction of sp³-hybridized carbons (Fsp3) is 0.368. The first-order valence-corrected chi connectivity index (χ1v) is 9.28. The maximum Gasteiger partial charge on any atom is 0.286 e. The molecular formula is C19H28F2N5P. The van der Waals surface area contributed by atoms with E-state index in [-0.39, 0.29) is 11.3 Å². The highest BCUT2D eigenvalue weighted by atomic mass is 31.0. The third-order valence-electron chi connectivity index (χ3n) is 3.50. The highest BCUT2D eigenvalue weighted by Gasteiger charge is 2.28. The van der Waals surface area contributed by atoms with Gasteiger partial charge < -0.3 is 11.1 Å². The molecule has 0 radical (unpaired) electrons. The van der Waals surface area contributed by atoms with Crippen molar-refractivity contribution in [3.8, 4) is 0 Å². The minimum Gasteiger partial charge on any atom is -0.402 e. The van der Waals surface area contributed by atoms with E-state index in [1.165, 1.54) is 16.2 Å². The van der Waals surface area contributed by atoms with E-state index in [0.717, 1.165) is 18.1 Å². The van der Waals surface area contributed by atoms with E-state index in [4.69, 9.17) is 5.73 Å². The molecule has 148 valence electrons. The Bertz CT molecular complexity index is 810. The lowest BCUT2D eigenvalue weighted by Crippen LogP contribution is -2.20. The van der Waals surface area contributed by atoms with Crippen LogP contribution in [-0.4, -0.2) is 23.5 Å². The van der Waals surface area contributed by atoms with Crippen LogP contribution in [0.3, 0.4) is 0 Å². The van der Waals surface area contributed by atoms with Crippen LogP contribution in [0.4, 0.5) is 14.6 Å². The fourth-order valence-corrected chi connectivity index (χ4v) is 2.51. The van der Waals surface area contributed by atoms with Crippen LogP contribution in [0, 0.1) is 0 Å². The number of rotatable bonds is 8. The number of pyridine rings is 1. The summed E-state index contributed by atoms with van der Waals surface area (Å²) < 4.78 is 29.2. The summed E-state index contributed by atoms with van der Waals surface area (Å²) in [6, 6.07) is 5.61. The van der Waals surface area contributed by atoms with Gasteiger partial charge in [-0.25, -0.2) is 4.99 Å². The average Bonchev–Trinajstić information content (AvgIpc) is 2.59. The second-order valence-electron chi connectivity index (χ2n) is 5.76. The molecule has 0 saturated carbocycles. The van der Waals surface area contributed by atoms with Gasteiger partial charge in [-0.1, -0.05) is 35.2 Å². The molecule has 1 aromatic rings. The second kappa shape index (κ2) is 10.8. The smallest absolute Gasteiger partial charge is 0.286 e. The van der Waals surface area contributed by atoms with E-state index in [9.17, 15) is 8.78 Å². The van der Waals surface area contributed by atoms with Gasteiger partial charge in [0.2, 0.25) is 0 Å². The zero-order valence-electron chi connectivity index (χ0n) is 16.2. The summed E-state index contributed by atoms with van der Waals surface area (Å²) in [7, 11) is 3.19. The molecule has 0 saturated heterocycles. The van der Waals surface area contributed by atoms with Gasteiger partial charge in [0.25, 0.3) is 5.66 Å². The minimum absolute atomic E-state index is 0.0160. The summed E-state index contributed by atoms with van der Waals surface area (Å²) in [6.07, 6.45) is 8.36. The Labute approximate surface area is 161 Å². The van der Waals surface area contributed by atoms with Gasteiger partial charge in [0.1, 0.15) is 17.1 Å². The molecule has 0 spiro atoms. The van der Waals surface area contributed by atoms with Crippen LogP contribution in [0.15, 0.2) is 57.4 Å². The maximum atomic E-state index is 13.7. The molecule has 0 aromatic carbocycles. The van der Waals surface area contributed by atoms with Crippen molar-refractivity contribution in [1.82, 2.24) is 4.57 Å². The molecule has 0 fully saturated rings. The quantitative estimate of drug-likeness (QED) is 0.508. The molecule has 1 heterocycles. The van der Waals surface area contributed by atoms with Crippen molar-refractivity contribution in [3.05, 3.63) is 52.9 Å². The van der Waals surface area contributed by atoms with Crippen LogP contribution in [-0.2, 0) is 0 Å². The largest absolute Gasteiger partial charge is 0.402 e. The van der Waals surface area contributed by atoms with E-state index in [1.807, 2.05) is 55.0 Å². The van der Waals surface area contributed by atoms with Gasteiger partial charge in [-0.2, -0.15) is 8.78 Å². The summed E-state index contributed by atoms with van der Waals surface area (Å²) in [5, 5.41) is 3.18. The second-order valence-corrected chi connectivity index (χ2v) is 6.48. The van der Waals surface area contributed by atoms with Crippen LogP contribution in [0.25, 0.3) is 6.20 Å². The number of aromatic nitrogens is 1. The molecule has 27 heavy (non-hydrogen) atoms. The Balaban J connectivity index is 3.31. The van der Waals surface area contributed by atoms with Gasteiger partial charge >= 0.3 is 0 Å². The number of nitrogens with one attached hydrogen (secondary N) is 1. The van der Waals surface area contributed by atoms with Crippen LogP contribution >= 0.6 is 9.24 Å². The first-order chi connectivity index (χ1) is 12.7. The first-order valence-electron chi connectivity index (χ1n) is 8.70. The molecule has 3 N–H and O–H groups in total.